The topological polar surface area (TPSA) is 138 Å². The fourth-order valence-corrected chi connectivity index (χ4v) is 5.84. The van der Waals surface area contributed by atoms with Crippen molar-refractivity contribution in [2.24, 2.45) is 0 Å². The first-order valence-corrected chi connectivity index (χ1v) is 14.1. The van der Waals surface area contributed by atoms with Crippen LogP contribution in [0.1, 0.15) is 33.4 Å². The van der Waals surface area contributed by atoms with E-state index in [1.54, 1.807) is 44.2 Å². The maximum Gasteiger partial charge on any atom is 0.342 e. The number of para-hydroxylation sites is 1. The van der Waals surface area contributed by atoms with Crippen LogP contribution >= 0.6 is 41.7 Å². The molecule has 192 valence electrons. The van der Waals surface area contributed by atoms with E-state index in [1.165, 1.54) is 17.7 Å². The minimum atomic E-state index is -3.78. The molecule has 1 saturated heterocycles. The second-order valence-electron chi connectivity index (χ2n) is 8.06. The standard InChI is InChI=1S/C21H26ClIN3O8P/c1-12(2)32-19(28)13(3)25-35(30,34-14-7-5-4-6-8-14)11-31-20-16(23)9-17(33-20)26-10-15(22)18(27)24-21(26)29/h4-8,10,12-13,16-17,20H,9,11H2,1-3H3,(H,25,30)(H,24,27,29)/t13-,16-,17+,20-,35?/m0/s1. The Balaban J connectivity index is 1.73. The van der Waals surface area contributed by atoms with Gasteiger partial charge >= 0.3 is 19.2 Å². The van der Waals surface area contributed by atoms with Crippen LogP contribution in [0.3, 0.4) is 0 Å². The Bertz CT molecular complexity index is 1190. The summed E-state index contributed by atoms with van der Waals surface area (Å²) in [5.41, 5.74) is -1.37. The Kier molecular flexibility index (Phi) is 9.58. The molecule has 2 aromatic rings. The zero-order valence-electron chi connectivity index (χ0n) is 19.2. The van der Waals surface area contributed by atoms with Crippen molar-refractivity contribution in [2.75, 3.05) is 6.35 Å². The number of carbonyl (C=O) groups excluding carboxylic acids is 1. The number of nitrogens with zero attached hydrogens (tertiary/aromatic N) is 1. The van der Waals surface area contributed by atoms with Crippen molar-refractivity contribution in [1.29, 1.82) is 0 Å². The molecule has 35 heavy (non-hydrogen) atoms. The highest BCUT2D eigenvalue weighted by Crippen LogP contribution is 2.45. The van der Waals surface area contributed by atoms with Gasteiger partial charge in [-0.2, -0.15) is 0 Å². The smallest absolute Gasteiger partial charge is 0.342 e. The Morgan fingerprint density at radius 2 is 2.00 bits per heavy atom. The molecule has 0 spiro atoms. The molecular weight excluding hydrogens is 616 g/mol. The fourth-order valence-electron chi connectivity index (χ4n) is 3.19. The lowest BCUT2D eigenvalue weighted by atomic mass is 10.3. The predicted octanol–water partition coefficient (Wildman–Crippen LogP) is 3.41. The number of benzene rings is 1. The molecular formula is C21H26ClIN3O8P. The van der Waals surface area contributed by atoms with Gasteiger partial charge in [-0.15, -0.1) is 0 Å². The van der Waals surface area contributed by atoms with Crippen molar-refractivity contribution < 1.29 is 28.1 Å². The monoisotopic (exact) mass is 641 g/mol. The van der Waals surface area contributed by atoms with Gasteiger partial charge in [-0.1, -0.05) is 52.4 Å². The first-order valence-electron chi connectivity index (χ1n) is 10.7. The number of hydrogen-bond donors (Lipinski definition) is 2. The Morgan fingerprint density at radius 1 is 1.31 bits per heavy atom. The van der Waals surface area contributed by atoms with Gasteiger partial charge in [-0.25, -0.2) is 9.88 Å². The van der Waals surface area contributed by atoms with Gasteiger partial charge in [0.2, 0.25) is 0 Å². The molecule has 0 aliphatic carbocycles. The lowest BCUT2D eigenvalue weighted by Crippen LogP contribution is -2.37. The number of halogens is 2. The van der Waals surface area contributed by atoms with Gasteiger partial charge in [0.25, 0.3) is 5.56 Å². The van der Waals surface area contributed by atoms with Crippen molar-refractivity contribution in [3.05, 3.63) is 62.4 Å². The first kappa shape index (κ1) is 27.9. The number of esters is 1. The van der Waals surface area contributed by atoms with E-state index in [1.807, 2.05) is 0 Å². The molecule has 1 fully saturated rings. The largest absolute Gasteiger partial charge is 0.462 e. The molecule has 1 aromatic heterocycles. The van der Waals surface area contributed by atoms with Crippen molar-refractivity contribution in [2.45, 2.75) is 55.8 Å². The minimum absolute atomic E-state index is 0.158. The molecule has 3 rings (SSSR count). The van der Waals surface area contributed by atoms with Crippen LogP contribution in [0, 0.1) is 0 Å². The van der Waals surface area contributed by atoms with Gasteiger partial charge in [0.1, 0.15) is 23.0 Å². The second kappa shape index (κ2) is 12.0. The zero-order valence-corrected chi connectivity index (χ0v) is 23.0. The van der Waals surface area contributed by atoms with Gasteiger partial charge in [-0.05, 0) is 32.9 Å². The van der Waals surface area contributed by atoms with Crippen molar-refractivity contribution in [3.63, 3.8) is 0 Å². The summed E-state index contributed by atoms with van der Waals surface area (Å²) in [5, 5.41) is 2.56. The van der Waals surface area contributed by atoms with Crippen molar-refractivity contribution in [1.82, 2.24) is 14.6 Å². The van der Waals surface area contributed by atoms with Gasteiger partial charge in [0, 0.05) is 12.6 Å². The van der Waals surface area contributed by atoms with Gasteiger partial charge < -0.3 is 18.7 Å². The van der Waals surface area contributed by atoms with Gasteiger partial charge in [-0.3, -0.25) is 23.7 Å². The van der Waals surface area contributed by atoms with E-state index in [9.17, 15) is 18.9 Å². The number of hydrogen-bond acceptors (Lipinski definition) is 8. The Hall–Kier alpha value is -1.70. The SMILES string of the molecule is CC(C)OC(=O)[C@H](C)NP(=O)(CO[C@H]1O[C@@H](n2cc(Cl)c(=O)[nH]c2=O)C[C@@H]1I)Oc1ccccc1. The summed E-state index contributed by atoms with van der Waals surface area (Å²) in [4.78, 5) is 38.1. The highest BCUT2D eigenvalue weighted by atomic mass is 127. The van der Waals surface area contributed by atoms with E-state index in [0.717, 1.165) is 0 Å². The highest BCUT2D eigenvalue weighted by Gasteiger charge is 2.39. The Morgan fingerprint density at radius 3 is 2.66 bits per heavy atom. The van der Waals surface area contributed by atoms with Crippen LogP contribution in [-0.4, -0.2) is 44.2 Å². The third-order valence-corrected chi connectivity index (χ3v) is 7.89. The number of rotatable bonds is 10. The highest BCUT2D eigenvalue weighted by molar-refractivity contribution is 14.1. The average Bonchev–Trinajstić information content (AvgIpc) is 3.15. The van der Waals surface area contributed by atoms with Crippen LogP contribution in [0.25, 0.3) is 0 Å². The third-order valence-electron chi connectivity index (χ3n) is 4.75. The maximum atomic E-state index is 13.7. The summed E-state index contributed by atoms with van der Waals surface area (Å²) in [7, 11) is -3.78. The zero-order chi connectivity index (χ0) is 25.8. The summed E-state index contributed by atoms with van der Waals surface area (Å²) in [5.74, 6) is -0.266. The van der Waals surface area contributed by atoms with Crippen LogP contribution in [-0.2, 0) is 23.6 Å². The molecule has 14 heteroatoms. The molecule has 0 amide bonds. The van der Waals surface area contributed by atoms with Gasteiger partial charge in [0.15, 0.2) is 12.6 Å². The van der Waals surface area contributed by atoms with E-state index in [-0.39, 0.29) is 15.1 Å². The number of alkyl halides is 1. The Labute approximate surface area is 220 Å². The average molecular weight is 642 g/mol. The number of ether oxygens (including phenoxy) is 3. The van der Waals surface area contributed by atoms with Crippen LogP contribution in [0.5, 0.6) is 5.75 Å². The normalized spacial score (nSPS) is 22.5. The van der Waals surface area contributed by atoms with Crippen molar-refractivity contribution >= 4 is 47.7 Å². The van der Waals surface area contributed by atoms with Crippen LogP contribution < -0.4 is 20.9 Å². The molecule has 0 bridgehead atoms. The third kappa shape index (κ3) is 7.64. The number of aromatic amines is 1. The van der Waals surface area contributed by atoms with Crippen LogP contribution in [0.2, 0.25) is 5.02 Å². The molecule has 1 aliphatic rings. The predicted molar refractivity (Wildman–Crippen MR) is 137 cm³/mol. The molecule has 0 saturated carbocycles. The molecule has 0 radical (unpaired) electrons. The summed E-state index contributed by atoms with van der Waals surface area (Å²) in [6.45, 7) is 4.94. The number of aromatic nitrogens is 2. The van der Waals surface area contributed by atoms with E-state index < -0.39 is 49.6 Å². The van der Waals surface area contributed by atoms with Crippen LogP contribution in [0.15, 0.2) is 46.1 Å². The molecule has 1 aliphatic heterocycles. The van der Waals surface area contributed by atoms with E-state index in [0.29, 0.717) is 12.2 Å². The molecule has 1 unspecified atom stereocenters. The first-order chi connectivity index (χ1) is 16.5. The molecule has 2 N–H and O–H groups in total. The summed E-state index contributed by atoms with van der Waals surface area (Å²) in [6, 6.07) is 7.53. The minimum Gasteiger partial charge on any atom is -0.462 e. The van der Waals surface area contributed by atoms with E-state index in [2.05, 4.69) is 32.7 Å². The number of H-pyrrole nitrogens is 1. The molecule has 5 atom stereocenters. The van der Waals surface area contributed by atoms with Gasteiger partial charge in [0.05, 0.1) is 10.0 Å². The van der Waals surface area contributed by atoms with E-state index >= 15 is 0 Å². The van der Waals surface area contributed by atoms with Crippen molar-refractivity contribution in [3.8, 4) is 5.75 Å². The second-order valence-corrected chi connectivity index (χ2v) is 12.1. The quantitative estimate of drug-likeness (QED) is 0.173. The lowest BCUT2D eigenvalue weighted by molar-refractivity contribution is -0.149. The summed E-state index contributed by atoms with van der Waals surface area (Å²) >= 11 is 7.94. The maximum absolute atomic E-state index is 13.7. The molecule has 2 heterocycles. The summed E-state index contributed by atoms with van der Waals surface area (Å²) in [6.07, 6.45) is -0.824. The molecule has 11 nitrogen and oxygen atoms in total. The van der Waals surface area contributed by atoms with E-state index in [4.69, 9.17) is 30.3 Å². The van der Waals surface area contributed by atoms with Crippen LogP contribution in [0.4, 0.5) is 0 Å². The number of nitrogens with one attached hydrogen (secondary N) is 2. The lowest BCUT2D eigenvalue weighted by Gasteiger charge is -2.25. The molecule has 1 aromatic carbocycles. The summed E-state index contributed by atoms with van der Waals surface area (Å²) < 4.78 is 37.2. The number of carbonyl (C=O) groups is 1. The fraction of sp³-hybridized carbons (Fsp3) is 0.476.